The van der Waals surface area contributed by atoms with E-state index in [0.717, 1.165) is 55.1 Å². The van der Waals surface area contributed by atoms with E-state index >= 15 is 0 Å². The Labute approximate surface area is 222 Å². The van der Waals surface area contributed by atoms with Crippen LogP contribution in [0.5, 0.6) is 5.75 Å². The molecule has 0 saturated heterocycles. The van der Waals surface area contributed by atoms with Gasteiger partial charge in [0.05, 0.1) is 31.1 Å². The Morgan fingerprint density at radius 1 is 1.00 bits per heavy atom. The Balaban J connectivity index is 1.26. The van der Waals surface area contributed by atoms with Crippen LogP contribution in [-0.4, -0.2) is 44.6 Å². The molecule has 0 amide bonds. The first-order valence-electron chi connectivity index (χ1n) is 13.8. The first kappa shape index (κ1) is 27.4. The highest BCUT2D eigenvalue weighted by molar-refractivity contribution is 5.96. The molecule has 38 heavy (non-hydrogen) atoms. The smallest absolute Gasteiger partial charge is 0.341 e. The van der Waals surface area contributed by atoms with Gasteiger partial charge < -0.3 is 19.1 Å². The average molecular weight is 524 g/mol. The van der Waals surface area contributed by atoms with Crippen molar-refractivity contribution in [1.29, 1.82) is 0 Å². The van der Waals surface area contributed by atoms with Gasteiger partial charge in [-0.25, -0.2) is 4.79 Å². The van der Waals surface area contributed by atoms with E-state index < -0.39 is 11.4 Å². The van der Waals surface area contributed by atoms with Gasteiger partial charge in [0, 0.05) is 30.6 Å². The second-order valence-corrected chi connectivity index (χ2v) is 9.81. The molecule has 3 aromatic rings. The summed E-state index contributed by atoms with van der Waals surface area (Å²) in [5, 5.41) is 14.9. The predicted molar refractivity (Wildman–Crippen MR) is 145 cm³/mol. The zero-order valence-electron chi connectivity index (χ0n) is 22.1. The second kappa shape index (κ2) is 13.3. The van der Waals surface area contributed by atoms with Crippen molar-refractivity contribution in [1.82, 2.24) is 14.3 Å². The Bertz CT molecular complexity index is 1330. The van der Waals surface area contributed by atoms with Crippen molar-refractivity contribution in [2.24, 2.45) is 0 Å². The van der Waals surface area contributed by atoms with Crippen molar-refractivity contribution in [3.8, 4) is 17.1 Å². The molecule has 1 aromatic carbocycles. The lowest BCUT2D eigenvalue weighted by Gasteiger charge is -2.21. The summed E-state index contributed by atoms with van der Waals surface area (Å²) in [6.45, 7) is 4.36. The average Bonchev–Trinajstić information content (AvgIpc) is 3.29. The third-order valence-electron chi connectivity index (χ3n) is 6.93. The van der Waals surface area contributed by atoms with Crippen molar-refractivity contribution in [3.63, 3.8) is 0 Å². The molecule has 0 aliphatic carbocycles. The third kappa shape index (κ3) is 6.62. The van der Waals surface area contributed by atoms with Crippen molar-refractivity contribution in [2.45, 2.75) is 84.2 Å². The molecule has 0 spiro atoms. The third-order valence-corrected chi connectivity index (χ3v) is 6.93. The number of nitrogens with zero attached hydrogens (tertiary/aromatic N) is 3. The van der Waals surface area contributed by atoms with Crippen molar-refractivity contribution in [2.75, 3.05) is 13.2 Å². The summed E-state index contributed by atoms with van der Waals surface area (Å²) >= 11 is 0. The number of aromatic carboxylic acids is 1. The molecule has 0 bridgehead atoms. The minimum absolute atomic E-state index is 0.102. The molecule has 0 fully saturated rings. The van der Waals surface area contributed by atoms with Gasteiger partial charge in [0.2, 0.25) is 0 Å². The first-order chi connectivity index (χ1) is 18.5. The van der Waals surface area contributed by atoms with E-state index in [4.69, 9.17) is 14.6 Å². The highest BCUT2D eigenvalue weighted by atomic mass is 16.5. The Hall–Kier alpha value is -3.62. The SMILES string of the molecule is CCCCCCCOC(=O)CCCCCCOc1cccc2c3n(nc12)CCn1cc(C(=O)O)c(=O)cc1-3. The van der Waals surface area contributed by atoms with E-state index in [0.29, 0.717) is 44.2 Å². The van der Waals surface area contributed by atoms with Crippen LogP contribution in [0, 0.1) is 0 Å². The number of benzene rings is 1. The van der Waals surface area contributed by atoms with Gasteiger partial charge in [0.25, 0.3) is 0 Å². The van der Waals surface area contributed by atoms with E-state index in [2.05, 4.69) is 6.92 Å². The largest absolute Gasteiger partial charge is 0.491 e. The summed E-state index contributed by atoms with van der Waals surface area (Å²) in [4.78, 5) is 35.6. The van der Waals surface area contributed by atoms with E-state index in [9.17, 15) is 19.5 Å². The number of hydrogen-bond acceptors (Lipinski definition) is 6. The topological polar surface area (TPSA) is 113 Å². The molecule has 1 N–H and O–H groups in total. The first-order valence-corrected chi connectivity index (χ1v) is 13.8. The Morgan fingerprint density at radius 2 is 1.76 bits per heavy atom. The van der Waals surface area contributed by atoms with Crippen molar-refractivity contribution < 1.29 is 24.2 Å². The predicted octanol–water partition coefficient (Wildman–Crippen LogP) is 5.42. The normalized spacial score (nSPS) is 12.2. The number of aromatic nitrogens is 3. The highest BCUT2D eigenvalue weighted by Crippen LogP contribution is 2.35. The van der Waals surface area contributed by atoms with Crippen LogP contribution in [0.1, 0.15) is 81.5 Å². The van der Waals surface area contributed by atoms with Gasteiger partial charge in [0.15, 0.2) is 5.43 Å². The molecular weight excluding hydrogens is 486 g/mol. The molecule has 4 rings (SSSR count). The van der Waals surface area contributed by atoms with E-state index in [1.165, 1.54) is 31.5 Å². The molecule has 0 saturated carbocycles. The maximum absolute atomic E-state index is 12.4. The lowest BCUT2D eigenvalue weighted by molar-refractivity contribution is -0.143. The fourth-order valence-corrected chi connectivity index (χ4v) is 4.87. The second-order valence-electron chi connectivity index (χ2n) is 9.81. The number of hydrogen-bond donors (Lipinski definition) is 1. The summed E-state index contributed by atoms with van der Waals surface area (Å²) < 4.78 is 15.0. The van der Waals surface area contributed by atoms with Crippen LogP contribution in [-0.2, 0) is 22.6 Å². The number of fused-ring (bicyclic) bond motifs is 5. The summed E-state index contributed by atoms with van der Waals surface area (Å²) in [5.74, 6) is -0.642. The fraction of sp³-hybridized carbons (Fsp3) is 0.517. The number of rotatable bonds is 15. The monoisotopic (exact) mass is 523 g/mol. The number of carboxylic acids is 1. The Kier molecular flexibility index (Phi) is 9.56. The van der Waals surface area contributed by atoms with E-state index in [1.54, 1.807) is 4.57 Å². The van der Waals surface area contributed by atoms with Gasteiger partial charge >= 0.3 is 11.9 Å². The van der Waals surface area contributed by atoms with Crippen LogP contribution >= 0.6 is 0 Å². The zero-order valence-corrected chi connectivity index (χ0v) is 22.1. The van der Waals surface area contributed by atoms with Crippen LogP contribution < -0.4 is 10.2 Å². The molecule has 1 aliphatic heterocycles. The number of aryl methyl sites for hydroxylation is 2. The maximum Gasteiger partial charge on any atom is 0.341 e. The summed E-state index contributed by atoms with van der Waals surface area (Å²) in [5.41, 5.74) is 1.42. The molecule has 0 radical (unpaired) electrons. The van der Waals surface area contributed by atoms with Gasteiger partial charge in [0.1, 0.15) is 16.8 Å². The lowest BCUT2D eigenvalue weighted by Crippen LogP contribution is -2.24. The fourth-order valence-electron chi connectivity index (χ4n) is 4.87. The van der Waals surface area contributed by atoms with Crippen molar-refractivity contribution >= 4 is 22.8 Å². The van der Waals surface area contributed by atoms with Gasteiger partial charge in [-0.05, 0) is 25.3 Å². The van der Waals surface area contributed by atoms with Crippen LogP contribution in [0.3, 0.4) is 0 Å². The Morgan fingerprint density at radius 3 is 2.55 bits per heavy atom. The van der Waals surface area contributed by atoms with Crippen LogP contribution in [0.2, 0.25) is 0 Å². The number of carbonyl (C=O) groups is 2. The molecule has 9 heteroatoms. The minimum atomic E-state index is -1.22. The van der Waals surface area contributed by atoms with Gasteiger partial charge in [-0.15, -0.1) is 0 Å². The molecule has 0 unspecified atom stereocenters. The molecule has 1 aliphatic rings. The summed E-state index contributed by atoms with van der Waals surface area (Å²) in [7, 11) is 0. The van der Waals surface area contributed by atoms with Gasteiger partial charge in [-0.3, -0.25) is 14.3 Å². The van der Waals surface area contributed by atoms with Gasteiger partial charge in [-0.2, -0.15) is 5.10 Å². The molecule has 3 heterocycles. The summed E-state index contributed by atoms with van der Waals surface area (Å²) in [6.07, 6.45) is 11.2. The molecular formula is C29H37N3O6. The number of unbranched alkanes of at least 4 members (excludes halogenated alkanes) is 7. The minimum Gasteiger partial charge on any atom is -0.491 e. The number of carbonyl (C=O) groups excluding carboxylic acids is 1. The van der Waals surface area contributed by atoms with Crippen molar-refractivity contribution in [3.05, 3.63) is 46.2 Å². The molecule has 2 aromatic heterocycles. The van der Waals surface area contributed by atoms with Crippen LogP contribution in [0.15, 0.2) is 35.3 Å². The van der Waals surface area contributed by atoms with E-state index in [-0.39, 0.29) is 11.5 Å². The van der Waals surface area contributed by atoms with Crippen LogP contribution in [0.4, 0.5) is 0 Å². The number of pyridine rings is 1. The number of esters is 1. The van der Waals surface area contributed by atoms with E-state index in [1.807, 2.05) is 22.9 Å². The number of carboxylic acid groups (broad SMARTS) is 1. The quantitative estimate of drug-likeness (QED) is 0.209. The maximum atomic E-state index is 12.4. The molecule has 0 atom stereocenters. The molecule has 9 nitrogen and oxygen atoms in total. The highest BCUT2D eigenvalue weighted by Gasteiger charge is 2.24. The molecule has 204 valence electrons. The summed E-state index contributed by atoms with van der Waals surface area (Å²) in [6, 6.07) is 7.11. The van der Waals surface area contributed by atoms with Crippen LogP contribution in [0.25, 0.3) is 22.3 Å². The zero-order chi connectivity index (χ0) is 26.9. The standard InChI is InChI=1S/C29H37N3O6/c1-2-3-4-6-10-18-38-26(34)14-8-5-7-9-17-37-25-13-11-12-21-27(25)30-32-16-15-31-20-22(29(35)36)24(33)19-23(31)28(21)32/h11-13,19-20H,2-10,14-18H2,1H3,(H,35,36). The lowest BCUT2D eigenvalue weighted by atomic mass is 10.1. The van der Waals surface area contributed by atoms with Gasteiger partial charge in [-0.1, -0.05) is 57.6 Å². The number of ether oxygens (including phenoxy) is 2.